The Hall–Kier alpha value is -4.13. The van der Waals surface area contributed by atoms with E-state index in [0.29, 0.717) is 22.6 Å². The molecular formula is C24H20N2O5. The summed E-state index contributed by atoms with van der Waals surface area (Å²) in [5, 5.41) is 21.1. The van der Waals surface area contributed by atoms with Gasteiger partial charge in [-0.25, -0.2) is 0 Å². The van der Waals surface area contributed by atoms with Gasteiger partial charge in [-0.1, -0.05) is 30.3 Å². The van der Waals surface area contributed by atoms with Crippen molar-refractivity contribution in [1.82, 2.24) is 9.88 Å². The number of benzene rings is 2. The SMILES string of the molecule is COc1cccc(/C(O)=C2/C(=O)C(=O)N(Cc3ccccn3)C2c2cccc(O)c2)c1. The molecule has 1 aromatic heterocycles. The molecule has 156 valence electrons. The van der Waals surface area contributed by atoms with Crippen LogP contribution in [0.2, 0.25) is 0 Å². The summed E-state index contributed by atoms with van der Waals surface area (Å²) >= 11 is 0. The number of carbonyl (C=O) groups excluding carboxylic acids is 2. The van der Waals surface area contributed by atoms with E-state index in [1.54, 1.807) is 60.8 Å². The molecule has 1 aliphatic rings. The highest BCUT2D eigenvalue weighted by atomic mass is 16.5. The van der Waals surface area contributed by atoms with Crippen molar-refractivity contribution >= 4 is 17.4 Å². The van der Waals surface area contributed by atoms with Crippen molar-refractivity contribution in [2.45, 2.75) is 12.6 Å². The Balaban J connectivity index is 1.87. The predicted molar refractivity (Wildman–Crippen MR) is 113 cm³/mol. The van der Waals surface area contributed by atoms with E-state index in [0.717, 1.165) is 0 Å². The van der Waals surface area contributed by atoms with Gasteiger partial charge >= 0.3 is 0 Å². The van der Waals surface area contributed by atoms with Crippen molar-refractivity contribution in [3.63, 3.8) is 0 Å². The predicted octanol–water partition coefficient (Wildman–Crippen LogP) is 3.42. The van der Waals surface area contributed by atoms with E-state index in [2.05, 4.69) is 4.98 Å². The summed E-state index contributed by atoms with van der Waals surface area (Å²) < 4.78 is 5.21. The number of hydrogen-bond acceptors (Lipinski definition) is 6. The molecule has 2 N–H and O–H groups in total. The summed E-state index contributed by atoms with van der Waals surface area (Å²) in [4.78, 5) is 31.6. The fourth-order valence-corrected chi connectivity index (χ4v) is 3.68. The van der Waals surface area contributed by atoms with Gasteiger partial charge in [-0.15, -0.1) is 0 Å². The number of likely N-dealkylation sites (tertiary alicyclic amines) is 1. The molecular weight excluding hydrogens is 396 g/mol. The molecule has 7 nitrogen and oxygen atoms in total. The molecule has 1 saturated heterocycles. The Kier molecular flexibility index (Phi) is 5.41. The molecule has 1 amide bonds. The second-order valence-electron chi connectivity index (χ2n) is 7.08. The lowest BCUT2D eigenvalue weighted by molar-refractivity contribution is -0.140. The molecule has 2 heterocycles. The van der Waals surface area contributed by atoms with E-state index < -0.39 is 17.7 Å². The molecule has 3 aromatic rings. The third kappa shape index (κ3) is 3.85. The molecule has 1 aliphatic heterocycles. The van der Waals surface area contributed by atoms with Gasteiger partial charge in [0.2, 0.25) is 0 Å². The zero-order valence-corrected chi connectivity index (χ0v) is 16.7. The number of nitrogens with zero attached hydrogens (tertiary/aromatic N) is 2. The smallest absolute Gasteiger partial charge is 0.296 e. The number of pyridine rings is 1. The van der Waals surface area contributed by atoms with Crippen molar-refractivity contribution in [3.05, 3.63) is 95.3 Å². The van der Waals surface area contributed by atoms with Gasteiger partial charge in [0.1, 0.15) is 17.3 Å². The highest BCUT2D eigenvalue weighted by Gasteiger charge is 2.46. The normalized spacial score (nSPS) is 17.7. The van der Waals surface area contributed by atoms with Crippen LogP contribution >= 0.6 is 0 Å². The fourth-order valence-electron chi connectivity index (χ4n) is 3.68. The molecule has 7 heteroatoms. The van der Waals surface area contributed by atoms with Gasteiger partial charge in [-0.05, 0) is 42.0 Å². The molecule has 0 bridgehead atoms. The fraction of sp³-hybridized carbons (Fsp3) is 0.125. The first kappa shape index (κ1) is 20.2. The molecule has 1 atom stereocenters. The molecule has 31 heavy (non-hydrogen) atoms. The topological polar surface area (TPSA) is 100.0 Å². The van der Waals surface area contributed by atoms with Crippen LogP contribution in [-0.2, 0) is 16.1 Å². The van der Waals surface area contributed by atoms with Crippen LogP contribution in [-0.4, -0.2) is 38.9 Å². The molecule has 2 aromatic carbocycles. The van der Waals surface area contributed by atoms with Crippen molar-refractivity contribution < 1.29 is 24.5 Å². The van der Waals surface area contributed by atoms with Crippen LogP contribution in [0.5, 0.6) is 11.5 Å². The van der Waals surface area contributed by atoms with Gasteiger partial charge in [-0.3, -0.25) is 14.6 Å². The van der Waals surface area contributed by atoms with Crippen molar-refractivity contribution in [2.24, 2.45) is 0 Å². The minimum absolute atomic E-state index is 0.0118. The molecule has 0 radical (unpaired) electrons. The third-order valence-corrected chi connectivity index (χ3v) is 5.13. The molecule has 0 saturated carbocycles. The molecule has 1 fully saturated rings. The number of aliphatic hydroxyl groups excluding tert-OH is 1. The number of aliphatic hydroxyl groups is 1. The lowest BCUT2D eigenvalue weighted by Gasteiger charge is -2.25. The summed E-state index contributed by atoms with van der Waals surface area (Å²) in [5.41, 5.74) is 1.38. The van der Waals surface area contributed by atoms with Crippen LogP contribution in [0.3, 0.4) is 0 Å². The van der Waals surface area contributed by atoms with E-state index >= 15 is 0 Å². The number of aromatic nitrogens is 1. The highest BCUT2D eigenvalue weighted by Crippen LogP contribution is 2.41. The lowest BCUT2D eigenvalue weighted by Crippen LogP contribution is -2.29. The maximum atomic E-state index is 13.0. The number of phenols is 1. The van der Waals surface area contributed by atoms with Gasteiger partial charge in [0.15, 0.2) is 0 Å². The lowest BCUT2D eigenvalue weighted by atomic mass is 9.95. The van der Waals surface area contributed by atoms with E-state index in [4.69, 9.17) is 4.74 Å². The van der Waals surface area contributed by atoms with E-state index in [-0.39, 0.29) is 23.6 Å². The van der Waals surface area contributed by atoms with E-state index in [1.807, 2.05) is 0 Å². The first-order valence-electron chi connectivity index (χ1n) is 9.61. The van der Waals surface area contributed by atoms with Crippen molar-refractivity contribution in [3.8, 4) is 11.5 Å². The monoisotopic (exact) mass is 416 g/mol. The average molecular weight is 416 g/mol. The Labute approximate surface area is 178 Å². The first-order chi connectivity index (χ1) is 15.0. The van der Waals surface area contributed by atoms with E-state index in [9.17, 15) is 19.8 Å². The number of methoxy groups -OCH3 is 1. The summed E-state index contributed by atoms with van der Waals surface area (Å²) in [7, 11) is 1.50. The summed E-state index contributed by atoms with van der Waals surface area (Å²) in [6.07, 6.45) is 1.60. The average Bonchev–Trinajstić information content (AvgIpc) is 3.04. The summed E-state index contributed by atoms with van der Waals surface area (Å²) in [6, 6.07) is 17.3. The van der Waals surface area contributed by atoms with Crippen molar-refractivity contribution in [2.75, 3.05) is 7.11 Å². The van der Waals surface area contributed by atoms with Crippen LogP contribution in [0, 0.1) is 0 Å². The van der Waals surface area contributed by atoms with Gasteiger partial charge < -0.3 is 19.8 Å². The Morgan fingerprint density at radius 1 is 1.06 bits per heavy atom. The van der Waals surface area contributed by atoms with Crippen LogP contribution in [0.15, 0.2) is 78.5 Å². The highest BCUT2D eigenvalue weighted by molar-refractivity contribution is 6.46. The number of carbonyl (C=O) groups is 2. The maximum absolute atomic E-state index is 13.0. The third-order valence-electron chi connectivity index (χ3n) is 5.13. The minimum Gasteiger partial charge on any atom is -0.508 e. The number of amides is 1. The standard InChI is InChI=1S/C24H20N2O5/c1-31-19-10-5-7-16(13-19)22(28)20-21(15-6-4-9-18(27)12-15)26(24(30)23(20)29)14-17-8-2-3-11-25-17/h2-13,21,27-28H,14H2,1H3/b22-20-. The largest absolute Gasteiger partial charge is 0.508 e. The number of phenolic OH excluding ortho intramolecular Hbond substituents is 1. The maximum Gasteiger partial charge on any atom is 0.296 e. The zero-order chi connectivity index (χ0) is 22.0. The molecule has 0 aliphatic carbocycles. The Morgan fingerprint density at radius 2 is 1.87 bits per heavy atom. The molecule has 4 rings (SSSR count). The summed E-state index contributed by atoms with van der Waals surface area (Å²) in [6.45, 7) is 0.0701. The van der Waals surface area contributed by atoms with Gasteiger partial charge in [0, 0.05) is 11.8 Å². The van der Waals surface area contributed by atoms with Crippen LogP contribution in [0.25, 0.3) is 5.76 Å². The number of Topliss-reactive ketones (excluding diaryl/α,β-unsaturated/α-hetero) is 1. The number of ketones is 1. The second kappa shape index (κ2) is 8.31. The number of hydrogen-bond donors (Lipinski definition) is 2. The van der Waals surface area contributed by atoms with E-state index in [1.165, 1.54) is 24.1 Å². The molecule has 1 unspecified atom stereocenters. The van der Waals surface area contributed by atoms with Crippen molar-refractivity contribution in [1.29, 1.82) is 0 Å². The van der Waals surface area contributed by atoms with Crippen LogP contribution in [0.4, 0.5) is 0 Å². The minimum atomic E-state index is -0.889. The second-order valence-corrected chi connectivity index (χ2v) is 7.08. The van der Waals surface area contributed by atoms with Crippen LogP contribution < -0.4 is 4.74 Å². The van der Waals surface area contributed by atoms with Crippen LogP contribution in [0.1, 0.15) is 22.9 Å². The first-order valence-corrected chi connectivity index (χ1v) is 9.61. The number of rotatable bonds is 5. The summed E-state index contributed by atoms with van der Waals surface area (Å²) in [5.74, 6) is -1.37. The van der Waals surface area contributed by atoms with Gasteiger partial charge in [-0.2, -0.15) is 0 Å². The number of ether oxygens (including phenoxy) is 1. The zero-order valence-electron chi connectivity index (χ0n) is 16.7. The number of aromatic hydroxyl groups is 1. The Bertz CT molecular complexity index is 1170. The Morgan fingerprint density at radius 3 is 2.58 bits per heavy atom. The van der Waals surface area contributed by atoms with Gasteiger partial charge in [0.25, 0.3) is 11.7 Å². The quantitative estimate of drug-likeness (QED) is 0.376. The molecule has 0 spiro atoms. The van der Waals surface area contributed by atoms with Gasteiger partial charge in [0.05, 0.1) is 31.0 Å².